The summed E-state index contributed by atoms with van der Waals surface area (Å²) in [5.74, 6) is 2.31. The van der Waals surface area contributed by atoms with Crippen molar-refractivity contribution in [1.82, 2.24) is 10.2 Å². The molecule has 0 radical (unpaired) electrons. The van der Waals surface area contributed by atoms with Crippen molar-refractivity contribution < 1.29 is 9.53 Å². The van der Waals surface area contributed by atoms with Crippen LogP contribution in [0.3, 0.4) is 0 Å². The van der Waals surface area contributed by atoms with Crippen molar-refractivity contribution in [2.75, 3.05) is 32.5 Å². The third kappa shape index (κ3) is 2.74. The van der Waals surface area contributed by atoms with Crippen LogP contribution < -0.4 is 15.8 Å². The van der Waals surface area contributed by atoms with Gasteiger partial charge in [-0.25, -0.2) is 0 Å². The van der Waals surface area contributed by atoms with E-state index >= 15 is 0 Å². The molecule has 0 aromatic heterocycles. The first kappa shape index (κ1) is 16.0. The molecular weight excluding hydrogens is 326 g/mol. The number of carbonyl (C=O) groups excluding carboxylic acids is 1. The first-order valence-corrected chi connectivity index (χ1v) is 9.09. The number of halogens is 1. The van der Waals surface area contributed by atoms with Crippen LogP contribution in [-0.2, 0) is 0 Å². The van der Waals surface area contributed by atoms with Crippen LogP contribution in [0.25, 0.3) is 0 Å². The van der Waals surface area contributed by atoms with Gasteiger partial charge in [0, 0.05) is 25.2 Å². The molecule has 4 bridgehead atoms. The molecule has 1 amide bonds. The Morgan fingerprint density at radius 1 is 1.33 bits per heavy atom. The van der Waals surface area contributed by atoms with E-state index in [1.54, 1.807) is 19.2 Å². The number of nitrogens with zero attached hydrogens (tertiary/aromatic N) is 1. The fourth-order valence-corrected chi connectivity index (χ4v) is 5.07. The van der Waals surface area contributed by atoms with Crippen LogP contribution in [0.1, 0.15) is 29.6 Å². The average Bonchev–Trinajstić information content (AvgIpc) is 2.82. The minimum absolute atomic E-state index is 0.111. The summed E-state index contributed by atoms with van der Waals surface area (Å²) in [7, 11) is 1.54. The van der Waals surface area contributed by atoms with Gasteiger partial charge in [-0.2, -0.15) is 0 Å². The Morgan fingerprint density at radius 3 is 2.71 bits per heavy atom. The highest BCUT2D eigenvalue weighted by atomic mass is 35.5. The number of ether oxygens (including phenoxy) is 1. The molecule has 5 nitrogen and oxygen atoms in total. The maximum atomic E-state index is 12.9. The first-order valence-electron chi connectivity index (χ1n) is 8.71. The quantitative estimate of drug-likeness (QED) is 0.822. The zero-order chi connectivity index (χ0) is 16.8. The van der Waals surface area contributed by atoms with Gasteiger partial charge in [-0.3, -0.25) is 4.79 Å². The normalized spacial score (nSPS) is 34.0. The van der Waals surface area contributed by atoms with Gasteiger partial charge >= 0.3 is 0 Å². The van der Waals surface area contributed by atoms with Gasteiger partial charge in [0.2, 0.25) is 0 Å². The highest BCUT2D eigenvalue weighted by Crippen LogP contribution is 2.43. The number of methoxy groups -OCH3 is 1. The fourth-order valence-electron chi connectivity index (χ4n) is 4.91. The van der Waals surface area contributed by atoms with Gasteiger partial charge in [0.25, 0.3) is 5.91 Å². The maximum absolute atomic E-state index is 12.9. The lowest BCUT2D eigenvalue weighted by Gasteiger charge is -2.46. The number of hydrogen-bond donors (Lipinski definition) is 2. The number of carbonyl (C=O) groups is 1. The molecule has 1 aromatic carbocycles. The molecule has 3 aliphatic heterocycles. The predicted molar refractivity (Wildman–Crippen MR) is 94.4 cm³/mol. The summed E-state index contributed by atoms with van der Waals surface area (Å²) in [5, 5.41) is 3.67. The van der Waals surface area contributed by atoms with Crippen LogP contribution in [0.4, 0.5) is 5.69 Å². The van der Waals surface area contributed by atoms with Crippen LogP contribution in [0.15, 0.2) is 12.1 Å². The van der Waals surface area contributed by atoms with E-state index in [1.165, 1.54) is 25.8 Å². The van der Waals surface area contributed by atoms with Crippen LogP contribution in [0.5, 0.6) is 5.75 Å². The Labute approximate surface area is 147 Å². The van der Waals surface area contributed by atoms with Gasteiger partial charge in [0.1, 0.15) is 5.75 Å². The number of nitrogens with one attached hydrogen (secondary N) is 1. The lowest BCUT2D eigenvalue weighted by molar-refractivity contribution is 0.0510. The predicted octanol–water partition coefficient (Wildman–Crippen LogP) is 2.39. The minimum atomic E-state index is -0.111. The number of rotatable bonds is 3. The molecule has 3 saturated heterocycles. The molecule has 3 heterocycles. The number of hydrogen-bond acceptors (Lipinski definition) is 4. The third-order valence-corrected chi connectivity index (χ3v) is 6.32. The summed E-state index contributed by atoms with van der Waals surface area (Å²) >= 11 is 6.10. The Kier molecular flexibility index (Phi) is 4.09. The molecular formula is C18H24ClN3O2. The van der Waals surface area contributed by atoms with Gasteiger partial charge in [-0.15, -0.1) is 0 Å². The molecule has 1 aromatic rings. The Bertz CT molecular complexity index is 634. The standard InChI is InChI=1S/C18H24ClN3O2/c1-24-16-7-15(20)14(19)6-13(16)18(23)21-17-11-4-10-2-3-22(8-11)9-12(17)5-10/h6-7,10-12,17H,2-5,8-9,20H2,1H3,(H,21,23)/t10?,11-,12+,17?. The number of nitrogens with two attached hydrogens (primary N) is 1. The summed E-state index contributed by atoms with van der Waals surface area (Å²) in [6.45, 7) is 3.44. The van der Waals surface area contributed by atoms with Crippen molar-refractivity contribution in [3.05, 3.63) is 22.7 Å². The SMILES string of the molecule is COc1cc(N)c(Cl)cc1C(=O)NC1[C@@H]2CC3CCN(C2)C[C@@H]1C3. The first-order chi connectivity index (χ1) is 11.5. The van der Waals surface area contributed by atoms with Crippen molar-refractivity contribution in [3.63, 3.8) is 0 Å². The van der Waals surface area contributed by atoms with Crippen molar-refractivity contribution in [2.45, 2.75) is 25.3 Å². The Hall–Kier alpha value is -1.46. The molecule has 4 aliphatic rings. The largest absolute Gasteiger partial charge is 0.496 e. The molecule has 3 unspecified atom stereocenters. The lowest BCUT2D eigenvalue weighted by atomic mass is 9.70. The summed E-state index contributed by atoms with van der Waals surface area (Å²) in [6, 6.07) is 3.48. The van der Waals surface area contributed by atoms with E-state index in [0.717, 1.165) is 19.0 Å². The number of amides is 1. The van der Waals surface area contributed by atoms with Crippen molar-refractivity contribution in [2.24, 2.45) is 17.8 Å². The third-order valence-electron chi connectivity index (χ3n) is 5.99. The van der Waals surface area contributed by atoms with E-state index < -0.39 is 0 Å². The van der Waals surface area contributed by atoms with E-state index in [9.17, 15) is 4.79 Å². The highest BCUT2D eigenvalue weighted by molar-refractivity contribution is 6.33. The Balaban J connectivity index is 1.56. The molecule has 6 heteroatoms. The molecule has 4 fully saturated rings. The molecule has 1 saturated carbocycles. The van der Waals surface area contributed by atoms with Gasteiger partial charge in [-0.05, 0) is 49.6 Å². The van der Waals surface area contributed by atoms with Gasteiger partial charge in [-0.1, -0.05) is 11.6 Å². The zero-order valence-electron chi connectivity index (χ0n) is 13.9. The molecule has 3 N–H and O–H groups in total. The monoisotopic (exact) mass is 349 g/mol. The van der Waals surface area contributed by atoms with E-state index in [-0.39, 0.29) is 11.9 Å². The average molecular weight is 350 g/mol. The van der Waals surface area contributed by atoms with Crippen LogP contribution in [0, 0.1) is 17.8 Å². The number of nitrogen functional groups attached to an aromatic ring is 1. The number of fused-ring (bicyclic) bond motifs is 1. The van der Waals surface area contributed by atoms with Crippen LogP contribution in [-0.4, -0.2) is 43.6 Å². The Morgan fingerprint density at radius 2 is 2.04 bits per heavy atom. The smallest absolute Gasteiger partial charge is 0.255 e. The molecule has 0 spiro atoms. The van der Waals surface area contributed by atoms with E-state index in [2.05, 4.69) is 10.2 Å². The second kappa shape index (κ2) is 6.12. The lowest BCUT2D eigenvalue weighted by Crippen LogP contribution is -2.57. The number of anilines is 1. The van der Waals surface area contributed by atoms with Crippen LogP contribution >= 0.6 is 11.6 Å². The van der Waals surface area contributed by atoms with E-state index in [4.69, 9.17) is 22.1 Å². The summed E-state index contributed by atoms with van der Waals surface area (Å²) in [5.41, 5.74) is 6.69. The van der Waals surface area contributed by atoms with Crippen molar-refractivity contribution in [3.8, 4) is 5.75 Å². The molecule has 5 rings (SSSR count). The van der Waals surface area contributed by atoms with Crippen molar-refractivity contribution in [1.29, 1.82) is 0 Å². The van der Waals surface area contributed by atoms with Gasteiger partial charge in [0.05, 0.1) is 23.4 Å². The summed E-state index contributed by atoms with van der Waals surface area (Å²) in [6.07, 6.45) is 3.78. The summed E-state index contributed by atoms with van der Waals surface area (Å²) < 4.78 is 5.32. The van der Waals surface area contributed by atoms with Crippen molar-refractivity contribution >= 4 is 23.2 Å². The number of benzene rings is 1. The maximum Gasteiger partial charge on any atom is 0.255 e. The minimum Gasteiger partial charge on any atom is -0.496 e. The van der Waals surface area contributed by atoms with E-state index in [0.29, 0.717) is 33.9 Å². The molecule has 130 valence electrons. The molecule has 5 atom stereocenters. The number of piperidine rings is 1. The fraction of sp³-hybridized carbons (Fsp3) is 0.611. The van der Waals surface area contributed by atoms with E-state index in [1.807, 2.05) is 0 Å². The second-order valence-electron chi connectivity index (χ2n) is 7.48. The summed E-state index contributed by atoms with van der Waals surface area (Å²) in [4.78, 5) is 15.4. The van der Waals surface area contributed by atoms with Gasteiger partial charge in [0.15, 0.2) is 0 Å². The topological polar surface area (TPSA) is 67.6 Å². The molecule has 24 heavy (non-hydrogen) atoms. The highest BCUT2D eigenvalue weighted by Gasteiger charge is 2.45. The second-order valence-corrected chi connectivity index (χ2v) is 7.89. The zero-order valence-corrected chi connectivity index (χ0v) is 14.7. The van der Waals surface area contributed by atoms with Crippen LogP contribution in [0.2, 0.25) is 5.02 Å². The molecule has 1 aliphatic carbocycles. The van der Waals surface area contributed by atoms with Gasteiger partial charge < -0.3 is 20.7 Å².